The number of fused-ring (bicyclic) bond motifs is 1. The average molecular weight is 279 g/mol. The Balaban J connectivity index is 1.85. The van der Waals surface area contributed by atoms with Gasteiger partial charge in [0.25, 0.3) is 0 Å². The molecule has 1 heterocycles. The molecule has 3 rings (SSSR count). The lowest BCUT2D eigenvalue weighted by molar-refractivity contribution is 0.0973. The van der Waals surface area contributed by atoms with E-state index in [0.717, 1.165) is 16.7 Å². The minimum Gasteiger partial charge on any atom is -0.497 e. The Morgan fingerprint density at radius 1 is 1.10 bits per heavy atom. The van der Waals surface area contributed by atoms with E-state index in [1.54, 1.807) is 19.2 Å². The van der Waals surface area contributed by atoms with E-state index in [-0.39, 0.29) is 5.78 Å². The molecule has 0 N–H and O–H groups in total. The van der Waals surface area contributed by atoms with Gasteiger partial charge in [-0.05, 0) is 54.8 Å². The molecular formula is C18H17NO2. The van der Waals surface area contributed by atoms with Crippen molar-refractivity contribution in [3.8, 4) is 5.75 Å². The summed E-state index contributed by atoms with van der Waals surface area (Å²) in [5, 5.41) is 1.16. The monoisotopic (exact) mass is 279 g/mol. The highest BCUT2D eigenvalue weighted by Gasteiger charge is 2.09. The summed E-state index contributed by atoms with van der Waals surface area (Å²) >= 11 is 0. The third-order valence-corrected chi connectivity index (χ3v) is 3.65. The van der Waals surface area contributed by atoms with Crippen LogP contribution in [0.5, 0.6) is 5.75 Å². The van der Waals surface area contributed by atoms with E-state index in [9.17, 15) is 4.79 Å². The fourth-order valence-corrected chi connectivity index (χ4v) is 2.48. The second kappa shape index (κ2) is 5.44. The zero-order chi connectivity index (χ0) is 14.8. The normalized spacial score (nSPS) is 10.8. The molecule has 0 aliphatic heterocycles. The molecule has 0 saturated heterocycles. The van der Waals surface area contributed by atoms with Gasteiger partial charge in [-0.15, -0.1) is 0 Å². The quantitative estimate of drug-likeness (QED) is 0.679. The molecule has 0 fully saturated rings. The molecule has 3 aromatic rings. The molecule has 106 valence electrons. The Morgan fingerprint density at radius 2 is 1.86 bits per heavy atom. The van der Waals surface area contributed by atoms with Gasteiger partial charge < -0.3 is 9.30 Å². The van der Waals surface area contributed by atoms with E-state index in [4.69, 9.17) is 4.74 Å². The number of aryl methyl sites for hydroxylation is 1. The first-order valence-electron chi connectivity index (χ1n) is 6.90. The molecule has 0 unspecified atom stereocenters. The Labute approximate surface area is 123 Å². The van der Waals surface area contributed by atoms with Gasteiger partial charge in [0.15, 0.2) is 5.78 Å². The van der Waals surface area contributed by atoms with E-state index in [1.807, 2.05) is 29.0 Å². The first kappa shape index (κ1) is 13.4. The van der Waals surface area contributed by atoms with Crippen molar-refractivity contribution in [2.45, 2.75) is 13.5 Å². The number of carbonyl (C=O) groups is 1. The summed E-state index contributed by atoms with van der Waals surface area (Å²) in [4.78, 5) is 12.4. The van der Waals surface area contributed by atoms with Crippen molar-refractivity contribution in [3.05, 3.63) is 65.9 Å². The van der Waals surface area contributed by atoms with Crippen LogP contribution in [-0.2, 0) is 6.54 Å². The highest BCUT2D eigenvalue weighted by molar-refractivity contribution is 5.97. The number of nitrogens with zero attached hydrogens (tertiary/aromatic N) is 1. The summed E-state index contributed by atoms with van der Waals surface area (Å²) in [7, 11) is 1.62. The number of hydrogen-bond donors (Lipinski definition) is 0. The third-order valence-electron chi connectivity index (χ3n) is 3.65. The number of carbonyl (C=O) groups excluding carboxylic acids is 1. The number of aromatic nitrogens is 1. The summed E-state index contributed by atoms with van der Waals surface area (Å²) < 4.78 is 7.09. The second-order valence-electron chi connectivity index (χ2n) is 5.16. The zero-order valence-corrected chi connectivity index (χ0v) is 12.2. The number of methoxy groups -OCH3 is 1. The van der Waals surface area contributed by atoms with E-state index >= 15 is 0 Å². The van der Waals surface area contributed by atoms with E-state index in [0.29, 0.717) is 12.1 Å². The Morgan fingerprint density at radius 3 is 2.57 bits per heavy atom. The molecule has 0 amide bonds. The van der Waals surface area contributed by atoms with Crippen molar-refractivity contribution in [1.29, 1.82) is 0 Å². The van der Waals surface area contributed by atoms with Crippen LogP contribution in [0.2, 0.25) is 0 Å². The largest absolute Gasteiger partial charge is 0.497 e. The van der Waals surface area contributed by atoms with Crippen molar-refractivity contribution in [1.82, 2.24) is 4.57 Å². The minimum atomic E-state index is 0.0933. The van der Waals surface area contributed by atoms with Gasteiger partial charge in [0, 0.05) is 17.3 Å². The fraction of sp³-hybridized carbons (Fsp3) is 0.167. The molecule has 0 radical (unpaired) electrons. The maximum Gasteiger partial charge on any atom is 0.182 e. The van der Waals surface area contributed by atoms with E-state index in [2.05, 4.69) is 25.1 Å². The maximum atomic E-state index is 12.4. The van der Waals surface area contributed by atoms with E-state index < -0.39 is 0 Å². The van der Waals surface area contributed by atoms with Crippen LogP contribution in [0.15, 0.2) is 54.7 Å². The van der Waals surface area contributed by atoms with Crippen molar-refractivity contribution in [2.75, 3.05) is 7.11 Å². The zero-order valence-electron chi connectivity index (χ0n) is 12.2. The van der Waals surface area contributed by atoms with Gasteiger partial charge in [-0.25, -0.2) is 0 Å². The number of ether oxygens (including phenoxy) is 1. The van der Waals surface area contributed by atoms with Gasteiger partial charge in [0.05, 0.1) is 13.7 Å². The molecule has 0 aliphatic carbocycles. The first-order chi connectivity index (χ1) is 10.2. The van der Waals surface area contributed by atoms with Crippen molar-refractivity contribution in [3.63, 3.8) is 0 Å². The van der Waals surface area contributed by atoms with Crippen molar-refractivity contribution >= 4 is 16.7 Å². The average Bonchev–Trinajstić information content (AvgIpc) is 2.89. The second-order valence-corrected chi connectivity index (χ2v) is 5.16. The van der Waals surface area contributed by atoms with Crippen molar-refractivity contribution < 1.29 is 9.53 Å². The smallest absolute Gasteiger partial charge is 0.182 e. The van der Waals surface area contributed by atoms with Crippen LogP contribution in [0.4, 0.5) is 0 Å². The van der Waals surface area contributed by atoms with Gasteiger partial charge in [0.1, 0.15) is 5.75 Å². The standard InChI is InChI=1S/C18H17NO2/c1-13-3-8-17-15(11-13)9-10-19(17)12-18(20)14-4-6-16(21-2)7-5-14/h3-11H,12H2,1-2H3. The van der Waals surface area contributed by atoms with E-state index in [1.165, 1.54) is 5.56 Å². The molecule has 0 aliphatic rings. The molecule has 21 heavy (non-hydrogen) atoms. The highest BCUT2D eigenvalue weighted by atomic mass is 16.5. The third kappa shape index (κ3) is 2.68. The number of ketones is 1. The molecule has 0 bridgehead atoms. The summed E-state index contributed by atoms with van der Waals surface area (Å²) in [6.07, 6.45) is 1.96. The van der Waals surface area contributed by atoms with Crippen LogP contribution in [0.3, 0.4) is 0 Å². The van der Waals surface area contributed by atoms with Gasteiger partial charge >= 0.3 is 0 Å². The lowest BCUT2D eigenvalue weighted by Crippen LogP contribution is -2.09. The van der Waals surface area contributed by atoms with Gasteiger partial charge in [-0.2, -0.15) is 0 Å². The Hall–Kier alpha value is -2.55. The molecular weight excluding hydrogens is 262 g/mol. The highest BCUT2D eigenvalue weighted by Crippen LogP contribution is 2.18. The predicted octanol–water partition coefficient (Wildman–Crippen LogP) is 3.84. The van der Waals surface area contributed by atoms with Crippen molar-refractivity contribution in [2.24, 2.45) is 0 Å². The van der Waals surface area contributed by atoms with Crippen LogP contribution < -0.4 is 4.74 Å². The predicted molar refractivity (Wildman–Crippen MR) is 84.0 cm³/mol. The molecule has 2 aromatic carbocycles. The topological polar surface area (TPSA) is 31.2 Å². The molecule has 1 aromatic heterocycles. The van der Waals surface area contributed by atoms with Gasteiger partial charge in [-0.1, -0.05) is 11.6 Å². The van der Waals surface area contributed by atoms with Crippen LogP contribution in [-0.4, -0.2) is 17.5 Å². The minimum absolute atomic E-state index is 0.0933. The number of hydrogen-bond acceptors (Lipinski definition) is 2. The molecule has 0 spiro atoms. The number of rotatable bonds is 4. The number of benzene rings is 2. The van der Waals surface area contributed by atoms with Crippen LogP contribution in [0.1, 0.15) is 15.9 Å². The lowest BCUT2D eigenvalue weighted by Gasteiger charge is -2.06. The Bertz CT molecular complexity index is 785. The maximum absolute atomic E-state index is 12.4. The summed E-state index contributed by atoms with van der Waals surface area (Å²) in [6, 6.07) is 15.5. The van der Waals surface area contributed by atoms with Gasteiger partial charge in [-0.3, -0.25) is 4.79 Å². The first-order valence-corrected chi connectivity index (χ1v) is 6.90. The van der Waals surface area contributed by atoms with Crippen LogP contribution in [0.25, 0.3) is 10.9 Å². The fourth-order valence-electron chi connectivity index (χ4n) is 2.48. The number of Topliss-reactive ketones (excluding diaryl/α,β-unsaturated/α-hetero) is 1. The summed E-state index contributed by atoms with van der Waals surface area (Å²) in [5.74, 6) is 0.851. The molecule has 0 saturated carbocycles. The summed E-state index contributed by atoms with van der Waals surface area (Å²) in [5.41, 5.74) is 3.01. The molecule has 0 atom stereocenters. The SMILES string of the molecule is COc1ccc(C(=O)Cn2ccc3cc(C)ccc32)cc1. The summed E-state index contributed by atoms with van der Waals surface area (Å²) in [6.45, 7) is 2.41. The van der Waals surface area contributed by atoms with Crippen LogP contribution in [0, 0.1) is 6.92 Å². The Kier molecular flexibility index (Phi) is 3.48. The lowest BCUT2D eigenvalue weighted by atomic mass is 10.1. The molecule has 3 nitrogen and oxygen atoms in total. The van der Waals surface area contributed by atoms with Gasteiger partial charge in [0.2, 0.25) is 0 Å². The van der Waals surface area contributed by atoms with Crippen LogP contribution >= 0.6 is 0 Å². The molecule has 3 heteroatoms.